The molecule has 4 heteroatoms. The molecule has 0 saturated heterocycles. The molecular weight excluding hydrogens is 180 g/mol. The number of nitrogens with zero attached hydrogens (tertiary/aromatic N) is 2. The van der Waals surface area contributed by atoms with Gasteiger partial charge in [-0.15, -0.1) is 0 Å². The molecule has 1 unspecified atom stereocenters. The molecule has 2 rings (SSSR count). The minimum absolute atomic E-state index is 0.223. The van der Waals surface area contributed by atoms with Crippen molar-refractivity contribution in [1.29, 1.82) is 0 Å². The van der Waals surface area contributed by atoms with Crippen molar-refractivity contribution < 1.29 is 14.7 Å². The van der Waals surface area contributed by atoms with E-state index in [-0.39, 0.29) is 5.71 Å². The molecule has 1 aromatic carbocycles. The summed E-state index contributed by atoms with van der Waals surface area (Å²) in [4.78, 5) is 14.4. The van der Waals surface area contributed by atoms with Gasteiger partial charge in [0.2, 0.25) is 0 Å². The van der Waals surface area contributed by atoms with Crippen LogP contribution in [0.3, 0.4) is 0 Å². The lowest BCUT2D eigenvalue weighted by Crippen LogP contribution is -2.31. The van der Waals surface area contributed by atoms with E-state index in [0.717, 1.165) is 0 Å². The molecule has 4 nitrogen and oxygen atoms in total. The van der Waals surface area contributed by atoms with E-state index in [1.165, 1.54) is 6.92 Å². The molecule has 70 valence electrons. The lowest BCUT2D eigenvalue weighted by Gasteiger charge is -2.10. The minimum atomic E-state index is -1.48. The number of ketones is 1. The van der Waals surface area contributed by atoms with E-state index in [4.69, 9.17) is 5.53 Å². The van der Waals surface area contributed by atoms with Crippen LogP contribution in [-0.2, 0) is 5.60 Å². The zero-order valence-electron chi connectivity index (χ0n) is 7.56. The summed E-state index contributed by atoms with van der Waals surface area (Å²) >= 11 is 0. The van der Waals surface area contributed by atoms with Crippen LogP contribution in [0, 0.1) is 0 Å². The standard InChI is InChI=1S/C10H8N2O2/c1-10(14)7-5-3-2-4-6(7)8(13)9(10)12-11/h2-5,14H,1H3. The van der Waals surface area contributed by atoms with Gasteiger partial charge >= 0.3 is 5.71 Å². The van der Waals surface area contributed by atoms with Gasteiger partial charge in [0.25, 0.3) is 5.78 Å². The largest absolute Gasteiger partial charge is 0.374 e. The maximum atomic E-state index is 11.6. The maximum Gasteiger partial charge on any atom is 0.374 e. The third-order valence-electron chi connectivity index (χ3n) is 2.47. The number of benzene rings is 1. The topological polar surface area (TPSA) is 73.7 Å². The van der Waals surface area contributed by atoms with Crippen LogP contribution in [0.2, 0.25) is 0 Å². The Bertz CT molecular complexity index is 471. The Morgan fingerprint density at radius 1 is 1.43 bits per heavy atom. The van der Waals surface area contributed by atoms with Crippen molar-refractivity contribution >= 4 is 11.5 Å². The van der Waals surface area contributed by atoms with Crippen LogP contribution in [-0.4, -0.2) is 21.4 Å². The molecule has 0 aliphatic heterocycles. The van der Waals surface area contributed by atoms with E-state index in [2.05, 4.69) is 4.79 Å². The minimum Gasteiger partial charge on any atom is -0.374 e. The zero-order valence-corrected chi connectivity index (χ0v) is 7.56. The first kappa shape index (κ1) is 8.81. The zero-order chi connectivity index (χ0) is 10.3. The highest BCUT2D eigenvalue weighted by molar-refractivity contribution is 6.49. The van der Waals surface area contributed by atoms with Gasteiger partial charge in [-0.25, -0.2) is 0 Å². The molecule has 14 heavy (non-hydrogen) atoms. The van der Waals surface area contributed by atoms with Crippen LogP contribution in [0.25, 0.3) is 5.53 Å². The van der Waals surface area contributed by atoms with Gasteiger partial charge in [0.15, 0.2) is 5.60 Å². The van der Waals surface area contributed by atoms with Gasteiger partial charge in [-0.05, 0) is 6.92 Å². The van der Waals surface area contributed by atoms with Crippen LogP contribution >= 0.6 is 0 Å². The third kappa shape index (κ3) is 0.894. The molecule has 0 fully saturated rings. The van der Waals surface area contributed by atoms with Crippen LogP contribution in [0.1, 0.15) is 22.8 Å². The Kier molecular flexibility index (Phi) is 1.64. The van der Waals surface area contributed by atoms with Gasteiger partial charge in [-0.3, -0.25) is 4.79 Å². The van der Waals surface area contributed by atoms with E-state index in [0.29, 0.717) is 11.1 Å². The Labute approximate surface area is 80.4 Å². The first-order valence-corrected chi connectivity index (χ1v) is 4.18. The predicted octanol–water partition coefficient (Wildman–Crippen LogP) is 0.761. The summed E-state index contributed by atoms with van der Waals surface area (Å²) in [6.45, 7) is 1.44. The summed E-state index contributed by atoms with van der Waals surface area (Å²) in [6.07, 6.45) is 0. The van der Waals surface area contributed by atoms with Gasteiger partial charge in [-0.1, -0.05) is 24.3 Å². The highest BCUT2D eigenvalue weighted by Crippen LogP contribution is 2.33. The Balaban J connectivity index is 2.80. The maximum absolute atomic E-state index is 11.6. The van der Waals surface area contributed by atoms with Gasteiger partial charge in [0, 0.05) is 11.1 Å². The van der Waals surface area contributed by atoms with Crippen molar-refractivity contribution in [2.24, 2.45) is 0 Å². The summed E-state index contributed by atoms with van der Waals surface area (Å²) in [7, 11) is 0. The number of carbonyl (C=O) groups excluding carboxylic acids is 1. The summed E-state index contributed by atoms with van der Waals surface area (Å²) in [5.74, 6) is -0.423. The summed E-state index contributed by atoms with van der Waals surface area (Å²) < 4.78 is 0. The number of fused-ring (bicyclic) bond motifs is 1. The number of hydrogen-bond acceptors (Lipinski definition) is 2. The van der Waals surface area contributed by atoms with Crippen LogP contribution in [0.15, 0.2) is 24.3 Å². The summed E-state index contributed by atoms with van der Waals surface area (Å²) in [5, 5.41) is 9.97. The van der Waals surface area contributed by atoms with Crippen molar-refractivity contribution in [2.45, 2.75) is 12.5 Å². The number of hydrogen-bond donors (Lipinski definition) is 1. The lowest BCUT2D eigenvalue weighted by molar-refractivity contribution is -0.0345. The van der Waals surface area contributed by atoms with Crippen LogP contribution in [0.4, 0.5) is 0 Å². The molecular formula is C10H8N2O2. The van der Waals surface area contributed by atoms with Crippen molar-refractivity contribution in [3.8, 4) is 0 Å². The second-order valence-corrected chi connectivity index (χ2v) is 3.40. The first-order chi connectivity index (χ1) is 6.59. The fraction of sp³-hybridized carbons (Fsp3) is 0.200. The van der Waals surface area contributed by atoms with E-state index in [1.54, 1.807) is 24.3 Å². The molecule has 1 aliphatic carbocycles. The summed E-state index contributed by atoms with van der Waals surface area (Å²) in [5.41, 5.74) is 7.82. The molecule has 0 radical (unpaired) electrons. The molecule has 0 saturated carbocycles. The molecule has 1 aliphatic rings. The van der Waals surface area contributed by atoms with Crippen molar-refractivity contribution in [1.82, 2.24) is 0 Å². The second kappa shape index (κ2) is 2.61. The highest BCUT2D eigenvalue weighted by Gasteiger charge is 2.51. The van der Waals surface area contributed by atoms with Crippen molar-refractivity contribution in [2.75, 3.05) is 0 Å². The Morgan fingerprint density at radius 3 is 2.64 bits per heavy atom. The molecule has 0 bridgehead atoms. The average Bonchev–Trinajstić information content (AvgIpc) is 2.36. The highest BCUT2D eigenvalue weighted by atomic mass is 16.3. The number of aliphatic hydroxyl groups is 1. The van der Waals surface area contributed by atoms with Crippen LogP contribution in [0.5, 0.6) is 0 Å². The molecule has 1 N–H and O–H groups in total. The van der Waals surface area contributed by atoms with Crippen molar-refractivity contribution in [3.63, 3.8) is 0 Å². The number of Topliss-reactive ketones (excluding diaryl/α,β-unsaturated/α-hetero) is 1. The van der Waals surface area contributed by atoms with Gasteiger partial charge < -0.3 is 10.6 Å². The summed E-state index contributed by atoms with van der Waals surface area (Å²) in [6, 6.07) is 6.67. The number of rotatable bonds is 0. The molecule has 0 amide bonds. The van der Waals surface area contributed by atoms with E-state index >= 15 is 0 Å². The number of carbonyl (C=O) groups is 1. The monoisotopic (exact) mass is 188 g/mol. The van der Waals surface area contributed by atoms with Gasteiger partial charge in [-0.2, -0.15) is 4.79 Å². The molecule has 0 heterocycles. The van der Waals surface area contributed by atoms with E-state index in [9.17, 15) is 9.90 Å². The van der Waals surface area contributed by atoms with Gasteiger partial charge in [0.1, 0.15) is 0 Å². The van der Waals surface area contributed by atoms with Crippen molar-refractivity contribution in [3.05, 3.63) is 40.9 Å². The Morgan fingerprint density at radius 2 is 2.07 bits per heavy atom. The third-order valence-corrected chi connectivity index (χ3v) is 2.47. The quantitative estimate of drug-likeness (QED) is 0.482. The second-order valence-electron chi connectivity index (χ2n) is 3.40. The molecule has 0 spiro atoms. The predicted molar refractivity (Wildman–Crippen MR) is 49.0 cm³/mol. The molecule has 1 aromatic rings. The Hall–Kier alpha value is -1.77. The normalized spacial score (nSPS) is 24.7. The van der Waals surface area contributed by atoms with E-state index < -0.39 is 11.4 Å². The lowest BCUT2D eigenvalue weighted by atomic mass is 9.97. The van der Waals surface area contributed by atoms with E-state index in [1.807, 2.05) is 0 Å². The fourth-order valence-corrected chi connectivity index (χ4v) is 1.72. The molecule has 1 atom stereocenters. The fourth-order valence-electron chi connectivity index (χ4n) is 1.72. The van der Waals surface area contributed by atoms with Crippen LogP contribution < -0.4 is 0 Å². The molecule has 0 aromatic heterocycles. The SMILES string of the molecule is CC1(O)C(=[N+]=[N-])C(=O)c2ccccc21. The van der Waals surface area contributed by atoms with Gasteiger partial charge in [0.05, 0.1) is 0 Å². The average molecular weight is 188 g/mol. The first-order valence-electron chi connectivity index (χ1n) is 4.18. The smallest absolute Gasteiger partial charge is 0.374 e.